The molecule has 0 aliphatic carbocycles. The van der Waals surface area contributed by atoms with Gasteiger partial charge in [0, 0.05) is 19.5 Å². The van der Waals surface area contributed by atoms with Crippen molar-refractivity contribution in [2.24, 2.45) is 11.5 Å². The zero-order valence-electron chi connectivity index (χ0n) is 9.73. The summed E-state index contributed by atoms with van der Waals surface area (Å²) in [6.45, 7) is 1.09. The number of carbonyl (C=O) groups excluding carboxylic acids is 2. The maximum Gasteiger partial charge on any atom is 0.300 e. The molecule has 0 spiro atoms. The number of primary amides is 1. The molecule has 0 aromatic carbocycles. The van der Waals surface area contributed by atoms with Gasteiger partial charge in [-0.3, -0.25) is 9.59 Å². The topological polar surface area (TPSA) is 130 Å². The predicted molar refractivity (Wildman–Crippen MR) is 70.3 cm³/mol. The maximum atomic E-state index is 11.2. The lowest BCUT2D eigenvalue weighted by Gasteiger charge is -2.08. The number of aliphatic hydroxyl groups is 1. The van der Waals surface area contributed by atoms with E-state index >= 15 is 0 Å². The molecule has 100 valence electrons. The highest BCUT2D eigenvalue weighted by Crippen LogP contribution is 1.81. The molecule has 0 rings (SSSR count). The van der Waals surface area contributed by atoms with E-state index in [9.17, 15) is 9.59 Å². The Hall–Kier alpha value is -1.53. The van der Waals surface area contributed by atoms with Gasteiger partial charge >= 0.3 is 5.91 Å². The van der Waals surface area contributed by atoms with Crippen LogP contribution in [0.15, 0.2) is 0 Å². The monoisotopic (exact) mass is 272 g/mol. The summed E-state index contributed by atoms with van der Waals surface area (Å²) < 4.78 is 0. The number of hydrogen-bond donors (Lipinski definition) is 5. The predicted octanol–water partition coefficient (Wildman–Crippen LogP) is -2.78. The third-order valence-corrected chi connectivity index (χ3v) is 2.10. The van der Waals surface area contributed by atoms with Crippen molar-refractivity contribution in [2.45, 2.75) is 12.5 Å². The van der Waals surface area contributed by atoms with Gasteiger partial charge in [0.2, 0.25) is 5.91 Å². The first-order valence-corrected chi connectivity index (χ1v) is 5.60. The average Bonchev–Trinajstić information content (AvgIpc) is 2.32. The largest absolute Gasteiger partial charge is 0.395 e. The fraction of sp³-hybridized carbons (Fsp3) is 0.500. The fourth-order valence-corrected chi connectivity index (χ4v) is 1.06. The Morgan fingerprint density at radius 3 is 2.61 bits per heavy atom. The van der Waals surface area contributed by atoms with Crippen molar-refractivity contribution >= 4 is 29.0 Å². The molecule has 0 radical (unpaired) electrons. The molecular weight excluding hydrogens is 256 g/mol. The standard InChI is InChI=1S/C10H16N4O3S/c11-8(9(12)17)10(18)14-7(16)3-1-2-4-13-5-6-15/h8,13,15H,2,4-6,11H2,(H2,12,17)(H,14,16,18). The van der Waals surface area contributed by atoms with Crippen LogP contribution >= 0.6 is 12.2 Å². The van der Waals surface area contributed by atoms with Crippen molar-refractivity contribution in [1.82, 2.24) is 10.6 Å². The Balaban J connectivity index is 3.93. The summed E-state index contributed by atoms with van der Waals surface area (Å²) in [6.07, 6.45) is 0.446. The smallest absolute Gasteiger partial charge is 0.300 e. The van der Waals surface area contributed by atoms with Gasteiger partial charge < -0.3 is 27.2 Å². The van der Waals surface area contributed by atoms with Crippen LogP contribution < -0.4 is 22.1 Å². The number of nitrogens with one attached hydrogen (secondary N) is 2. The second-order valence-electron chi connectivity index (χ2n) is 3.22. The molecule has 0 saturated heterocycles. The van der Waals surface area contributed by atoms with Gasteiger partial charge in [0.15, 0.2) is 0 Å². The molecule has 0 saturated carbocycles. The van der Waals surface area contributed by atoms with Gasteiger partial charge in [-0.25, -0.2) is 0 Å². The summed E-state index contributed by atoms with van der Waals surface area (Å²) in [7, 11) is 0. The highest BCUT2D eigenvalue weighted by atomic mass is 32.1. The molecule has 0 heterocycles. The Kier molecular flexibility index (Phi) is 8.69. The van der Waals surface area contributed by atoms with E-state index in [4.69, 9.17) is 28.8 Å². The molecule has 2 amide bonds. The van der Waals surface area contributed by atoms with Gasteiger partial charge in [0.05, 0.1) is 6.61 Å². The molecule has 7 N–H and O–H groups in total. The lowest BCUT2D eigenvalue weighted by molar-refractivity contribution is -0.117. The third kappa shape index (κ3) is 7.70. The second-order valence-corrected chi connectivity index (χ2v) is 3.66. The van der Waals surface area contributed by atoms with Crippen molar-refractivity contribution in [3.8, 4) is 11.8 Å². The third-order valence-electron chi connectivity index (χ3n) is 1.74. The minimum absolute atomic E-state index is 0.0488. The van der Waals surface area contributed by atoms with Crippen molar-refractivity contribution in [3.63, 3.8) is 0 Å². The molecule has 0 fully saturated rings. The number of aliphatic hydroxyl groups excluding tert-OH is 1. The van der Waals surface area contributed by atoms with Crippen LogP contribution in [-0.2, 0) is 9.59 Å². The van der Waals surface area contributed by atoms with E-state index in [0.717, 1.165) is 0 Å². The maximum absolute atomic E-state index is 11.2. The van der Waals surface area contributed by atoms with Crippen LogP contribution in [0.2, 0.25) is 0 Å². The summed E-state index contributed by atoms with van der Waals surface area (Å²) in [6, 6.07) is -1.20. The van der Waals surface area contributed by atoms with Gasteiger partial charge in [-0.1, -0.05) is 18.1 Å². The Labute approximate surface area is 110 Å². The number of carbonyl (C=O) groups is 2. The van der Waals surface area contributed by atoms with Gasteiger partial charge in [0.1, 0.15) is 11.0 Å². The quantitative estimate of drug-likeness (QED) is 0.202. The fourth-order valence-electron chi connectivity index (χ4n) is 0.848. The molecule has 0 bridgehead atoms. The first-order valence-electron chi connectivity index (χ1n) is 5.19. The summed E-state index contributed by atoms with van der Waals surface area (Å²) >= 11 is 4.70. The van der Waals surface area contributed by atoms with Gasteiger partial charge in [0.25, 0.3) is 0 Å². The van der Waals surface area contributed by atoms with Crippen LogP contribution in [0.3, 0.4) is 0 Å². The minimum Gasteiger partial charge on any atom is -0.395 e. The molecule has 0 aliphatic heterocycles. The van der Waals surface area contributed by atoms with Crippen LogP contribution in [0.4, 0.5) is 0 Å². The Morgan fingerprint density at radius 2 is 2.06 bits per heavy atom. The average molecular weight is 272 g/mol. The second kappa shape index (κ2) is 9.49. The van der Waals surface area contributed by atoms with E-state index < -0.39 is 17.9 Å². The van der Waals surface area contributed by atoms with E-state index in [1.807, 2.05) is 0 Å². The summed E-state index contributed by atoms with van der Waals surface area (Å²) in [5.74, 6) is 3.42. The molecule has 0 aliphatic rings. The van der Waals surface area contributed by atoms with Crippen molar-refractivity contribution in [1.29, 1.82) is 0 Å². The lowest BCUT2D eigenvalue weighted by Crippen LogP contribution is -2.49. The Bertz CT molecular complexity index is 375. The normalized spacial score (nSPS) is 11.0. The lowest BCUT2D eigenvalue weighted by atomic mass is 10.3. The molecule has 8 heteroatoms. The Morgan fingerprint density at radius 1 is 1.39 bits per heavy atom. The summed E-state index contributed by atoms with van der Waals surface area (Å²) in [4.78, 5) is 21.8. The first-order chi connectivity index (χ1) is 8.49. The number of amides is 2. The van der Waals surface area contributed by atoms with Gasteiger partial charge in [-0.15, -0.1) is 0 Å². The van der Waals surface area contributed by atoms with E-state index in [2.05, 4.69) is 22.5 Å². The molecule has 7 nitrogen and oxygen atoms in total. The van der Waals surface area contributed by atoms with Crippen LogP contribution in [0.5, 0.6) is 0 Å². The SMILES string of the molecule is NC(=O)C(N)C(=S)NC(=O)C#CCCNCCO. The number of nitrogens with two attached hydrogens (primary N) is 2. The summed E-state index contributed by atoms with van der Waals surface area (Å²) in [5.41, 5.74) is 10.2. The molecule has 1 atom stereocenters. The molecule has 1 unspecified atom stereocenters. The van der Waals surface area contributed by atoms with Gasteiger partial charge in [-0.2, -0.15) is 0 Å². The van der Waals surface area contributed by atoms with Crippen LogP contribution in [0, 0.1) is 11.8 Å². The van der Waals surface area contributed by atoms with E-state index in [1.54, 1.807) is 0 Å². The number of thiocarbonyl (C=S) groups is 1. The van der Waals surface area contributed by atoms with E-state index in [-0.39, 0.29) is 11.6 Å². The highest BCUT2D eigenvalue weighted by molar-refractivity contribution is 7.80. The highest BCUT2D eigenvalue weighted by Gasteiger charge is 2.16. The van der Waals surface area contributed by atoms with E-state index in [1.165, 1.54) is 0 Å². The van der Waals surface area contributed by atoms with E-state index in [0.29, 0.717) is 19.5 Å². The van der Waals surface area contributed by atoms with Crippen molar-refractivity contribution in [2.75, 3.05) is 19.7 Å². The molecular formula is C10H16N4O3S. The van der Waals surface area contributed by atoms with Crippen LogP contribution in [0.25, 0.3) is 0 Å². The number of hydrogen-bond acceptors (Lipinski definition) is 6. The van der Waals surface area contributed by atoms with Crippen molar-refractivity contribution < 1.29 is 14.7 Å². The molecule has 18 heavy (non-hydrogen) atoms. The zero-order valence-corrected chi connectivity index (χ0v) is 10.5. The van der Waals surface area contributed by atoms with Crippen LogP contribution in [-0.4, -0.2) is 47.6 Å². The first kappa shape index (κ1) is 16.5. The van der Waals surface area contributed by atoms with Crippen LogP contribution in [0.1, 0.15) is 6.42 Å². The zero-order chi connectivity index (χ0) is 14.0. The molecule has 0 aromatic rings. The van der Waals surface area contributed by atoms with Crippen molar-refractivity contribution in [3.05, 3.63) is 0 Å². The minimum atomic E-state index is -1.20. The molecule has 0 aromatic heterocycles. The van der Waals surface area contributed by atoms with Gasteiger partial charge in [-0.05, 0) is 5.92 Å². The summed E-state index contributed by atoms with van der Waals surface area (Å²) in [5, 5.41) is 13.6. The number of rotatable bonds is 6.